The van der Waals surface area contributed by atoms with Crippen molar-refractivity contribution in [3.8, 4) is 0 Å². The SMILES string of the molecule is CC(C)N1CCC(CNC(=O)c2cccc(C(F)(F)F)c2)CC1. The highest BCUT2D eigenvalue weighted by Gasteiger charge is 2.31. The molecule has 128 valence electrons. The minimum absolute atomic E-state index is 0.0550. The monoisotopic (exact) mass is 328 g/mol. The van der Waals surface area contributed by atoms with Gasteiger partial charge in [-0.15, -0.1) is 0 Å². The molecular formula is C17H23F3N2O. The maximum Gasteiger partial charge on any atom is 0.416 e. The lowest BCUT2D eigenvalue weighted by Gasteiger charge is -2.34. The van der Waals surface area contributed by atoms with E-state index in [1.165, 1.54) is 12.1 Å². The number of piperidine rings is 1. The van der Waals surface area contributed by atoms with Crippen molar-refractivity contribution in [2.24, 2.45) is 5.92 Å². The second-order valence-corrected chi connectivity index (χ2v) is 6.36. The van der Waals surface area contributed by atoms with Crippen molar-refractivity contribution >= 4 is 5.91 Å². The normalized spacial score (nSPS) is 17.5. The van der Waals surface area contributed by atoms with Crippen LogP contribution in [-0.2, 0) is 6.18 Å². The van der Waals surface area contributed by atoms with Gasteiger partial charge in [0.2, 0.25) is 0 Å². The number of rotatable bonds is 4. The summed E-state index contributed by atoms with van der Waals surface area (Å²) in [7, 11) is 0. The van der Waals surface area contributed by atoms with E-state index in [0.717, 1.165) is 38.1 Å². The molecule has 1 aromatic carbocycles. The van der Waals surface area contributed by atoms with Crippen LogP contribution in [0.2, 0.25) is 0 Å². The van der Waals surface area contributed by atoms with E-state index in [9.17, 15) is 18.0 Å². The maximum atomic E-state index is 12.7. The molecule has 3 nitrogen and oxygen atoms in total. The number of nitrogens with zero attached hydrogens (tertiary/aromatic N) is 1. The number of carbonyl (C=O) groups is 1. The lowest BCUT2D eigenvalue weighted by atomic mass is 9.96. The quantitative estimate of drug-likeness (QED) is 0.917. The first-order valence-corrected chi connectivity index (χ1v) is 7.97. The lowest BCUT2D eigenvalue weighted by Crippen LogP contribution is -2.41. The summed E-state index contributed by atoms with van der Waals surface area (Å²) in [5.74, 6) is -0.0536. The Hall–Kier alpha value is -1.56. The third-order valence-corrected chi connectivity index (χ3v) is 4.38. The molecule has 0 radical (unpaired) electrons. The molecule has 6 heteroatoms. The van der Waals surface area contributed by atoms with Gasteiger partial charge in [0.15, 0.2) is 0 Å². The molecule has 1 amide bonds. The van der Waals surface area contributed by atoms with Gasteiger partial charge in [-0.05, 0) is 63.9 Å². The van der Waals surface area contributed by atoms with Crippen LogP contribution in [0, 0.1) is 5.92 Å². The molecule has 1 N–H and O–H groups in total. The van der Waals surface area contributed by atoms with Crippen molar-refractivity contribution in [2.45, 2.75) is 38.9 Å². The van der Waals surface area contributed by atoms with Gasteiger partial charge in [0.05, 0.1) is 5.56 Å². The van der Waals surface area contributed by atoms with Crippen molar-refractivity contribution in [1.29, 1.82) is 0 Å². The molecule has 1 aliphatic rings. The van der Waals surface area contributed by atoms with Crippen molar-refractivity contribution in [2.75, 3.05) is 19.6 Å². The first kappa shape index (κ1) is 17.8. The fourth-order valence-electron chi connectivity index (χ4n) is 2.85. The van der Waals surface area contributed by atoms with Gasteiger partial charge in [-0.2, -0.15) is 13.2 Å². The third kappa shape index (κ3) is 4.96. The van der Waals surface area contributed by atoms with Gasteiger partial charge in [0.25, 0.3) is 5.91 Å². The molecule has 1 fully saturated rings. The average Bonchev–Trinajstić information content (AvgIpc) is 2.52. The Balaban J connectivity index is 1.86. The van der Waals surface area contributed by atoms with Crippen molar-refractivity contribution in [1.82, 2.24) is 10.2 Å². The highest BCUT2D eigenvalue weighted by Crippen LogP contribution is 2.29. The molecule has 1 heterocycles. The summed E-state index contributed by atoms with van der Waals surface area (Å²) in [5, 5.41) is 2.77. The summed E-state index contributed by atoms with van der Waals surface area (Å²) < 4.78 is 38.0. The Morgan fingerprint density at radius 1 is 1.30 bits per heavy atom. The summed E-state index contributed by atoms with van der Waals surface area (Å²) in [6.07, 6.45) is -2.43. The van der Waals surface area contributed by atoms with E-state index in [0.29, 0.717) is 18.5 Å². The highest BCUT2D eigenvalue weighted by molar-refractivity contribution is 5.94. The predicted molar refractivity (Wildman–Crippen MR) is 83.2 cm³/mol. The Labute approximate surface area is 134 Å². The Morgan fingerprint density at radius 2 is 1.96 bits per heavy atom. The summed E-state index contributed by atoms with van der Waals surface area (Å²) >= 11 is 0. The number of alkyl halides is 3. The second kappa shape index (κ2) is 7.34. The smallest absolute Gasteiger partial charge is 0.352 e. The van der Waals surface area contributed by atoms with Crippen LogP contribution >= 0.6 is 0 Å². The van der Waals surface area contributed by atoms with Gasteiger partial charge in [0, 0.05) is 18.2 Å². The summed E-state index contributed by atoms with van der Waals surface area (Å²) in [6, 6.07) is 5.07. The van der Waals surface area contributed by atoms with Gasteiger partial charge in [-0.3, -0.25) is 4.79 Å². The Morgan fingerprint density at radius 3 is 2.52 bits per heavy atom. The number of halogens is 3. The van der Waals surface area contributed by atoms with Crippen LogP contribution in [0.1, 0.15) is 42.6 Å². The van der Waals surface area contributed by atoms with Gasteiger partial charge in [-0.1, -0.05) is 6.07 Å². The topological polar surface area (TPSA) is 32.3 Å². The van der Waals surface area contributed by atoms with Crippen LogP contribution < -0.4 is 5.32 Å². The van der Waals surface area contributed by atoms with E-state index in [-0.39, 0.29) is 5.56 Å². The molecule has 1 aliphatic heterocycles. The first-order valence-electron chi connectivity index (χ1n) is 7.97. The summed E-state index contributed by atoms with van der Waals surface area (Å²) in [6.45, 7) is 6.84. The van der Waals surface area contributed by atoms with Crippen molar-refractivity contribution in [3.63, 3.8) is 0 Å². The Bertz CT molecular complexity index is 535. The first-order chi connectivity index (χ1) is 10.8. The predicted octanol–water partition coefficient (Wildman–Crippen LogP) is 3.56. The minimum Gasteiger partial charge on any atom is -0.352 e. The molecule has 0 spiro atoms. The summed E-state index contributed by atoms with van der Waals surface area (Å²) in [5.41, 5.74) is -0.741. The van der Waals surface area contributed by atoms with Crippen molar-refractivity contribution < 1.29 is 18.0 Å². The van der Waals surface area contributed by atoms with E-state index < -0.39 is 17.6 Å². The van der Waals surface area contributed by atoms with E-state index in [1.807, 2.05) is 0 Å². The van der Waals surface area contributed by atoms with Crippen LogP contribution in [0.3, 0.4) is 0 Å². The van der Waals surface area contributed by atoms with E-state index in [2.05, 4.69) is 24.1 Å². The molecule has 1 aromatic rings. The number of likely N-dealkylation sites (tertiary alicyclic amines) is 1. The molecule has 0 unspecified atom stereocenters. The van der Waals surface area contributed by atoms with Crippen LogP contribution in [0.5, 0.6) is 0 Å². The molecule has 2 rings (SSSR count). The molecule has 0 aliphatic carbocycles. The van der Waals surface area contributed by atoms with E-state index in [4.69, 9.17) is 0 Å². The van der Waals surface area contributed by atoms with Crippen LogP contribution in [0.25, 0.3) is 0 Å². The maximum absolute atomic E-state index is 12.7. The summed E-state index contributed by atoms with van der Waals surface area (Å²) in [4.78, 5) is 14.4. The number of amides is 1. The highest BCUT2D eigenvalue weighted by atomic mass is 19.4. The molecule has 23 heavy (non-hydrogen) atoms. The number of nitrogens with one attached hydrogen (secondary N) is 1. The van der Waals surface area contributed by atoms with Gasteiger partial charge in [0.1, 0.15) is 0 Å². The zero-order valence-corrected chi connectivity index (χ0v) is 13.5. The zero-order chi connectivity index (χ0) is 17.0. The van der Waals surface area contributed by atoms with Gasteiger partial charge < -0.3 is 10.2 Å². The average molecular weight is 328 g/mol. The molecule has 0 atom stereocenters. The van der Waals surface area contributed by atoms with Crippen molar-refractivity contribution in [3.05, 3.63) is 35.4 Å². The Kier molecular flexibility index (Phi) is 5.68. The zero-order valence-electron chi connectivity index (χ0n) is 13.5. The molecule has 1 saturated heterocycles. The van der Waals surface area contributed by atoms with Gasteiger partial charge in [-0.25, -0.2) is 0 Å². The number of carbonyl (C=O) groups excluding carboxylic acids is 1. The van der Waals surface area contributed by atoms with E-state index in [1.54, 1.807) is 0 Å². The fourth-order valence-corrected chi connectivity index (χ4v) is 2.85. The molecule has 0 aromatic heterocycles. The van der Waals surface area contributed by atoms with Crippen LogP contribution in [0.4, 0.5) is 13.2 Å². The van der Waals surface area contributed by atoms with E-state index >= 15 is 0 Å². The van der Waals surface area contributed by atoms with Gasteiger partial charge >= 0.3 is 6.18 Å². The number of benzene rings is 1. The van der Waals surface area contributed by atoms with Crippen LogP contribution in [0.15, 0.2) is 24.3 Å². The largest absolute Gasteiger partial charge is 0.416 e. The molecular weight excluding hydrogens is 305 g/mol. The lowest BCUT2D eigenvalue weighted by molar-refractivity contribution is -0.137. The standard InChI is InChI=1S/C17H23F3N2O/c1-12(2)22-8-6-13(7-9-22)11-21-16(23)14-4-3-5-15(10-14)17(18,19)20/h3-5,10,12-13H,6-9,11H2,1-2H3,(H,21,23). The molecule has 0 saturated carbocycles. The fraction of sp³-hybridized carbons (Fsp3) is 0.588. The molecule has 0 bridgehead atoms. The van der Waals surface area contributed by atoms with Crippen LogP contribution in [-0.4, -0.2) is 36.5 Å². The third-order valence-electron chi connectivity index (χ3n) is 4.38. The number of hydrogen-bond acceptors (Lipinski definition) is 2. The number of hydrogen-bond donors (Lipinski definition) is 1. The second-order valence-electron chi connectivity index (χ2n) is 6.36. The minimum atomic E-state index is -4.43.